The summed E-state index contributed by atoms with van der Waals surface area (Å²) in [5, 5.41) is 11.7. The molecule has 2 unspecified atom stereocenters. The minimum absolute atomic E-state index is 0.0285. The van der Waals surface area contributed by atoms with Crippen LogP contribution in [0.4, 0.5) is 5.69 Å². The van der Waals surface area contributed by atoms with E-state index in [1.54, 1.807) is 0 Å². The van der Waals surface area contributed by atoms with Crippen LogP contribution in [0.15, 0.2) is 17.0 Å². The Hall–Kier alpha value is -1.44. The number of carbonyl (C=O) groups excluding carboxylic acids is 1. The van der Waals surface area contributed by atoms with E-state index in [4.69, 9.17) is 5.14 Å². The van der Waals surface area contributed by atoms with Gasteiger partial charge in [0.05, 0.1) is 4.90 Å². The van der Waals surface area contributed by atoms with E-state index in [0.29, 0.717) is 30.1 Å². The number of primary sulfonamides is 1. The van der Waals surface area contributed by atoms with Gasteiger partial charge >= 0.3 is 0 Å². The third kappa shape index (κ3) is 3.79. The number of aryl methyl sites for hydroxylation is 1. The standard InChI is InChI=1S/C17H25N3O3S/c1-10-5-15(24(18,22)23)9-16(11(10)2)20-17(21)8-12-6-13-3-4-14(7-12)19-13/h5,9,12-14,19H,3-4,6-8H2,1-2H3,(H,20,21)(H2,18,22,23). The number of amides is 1. The first kappa shape index (κ1) is 17.4. The highest BCUT2D eigenvalue weighted by Gasteiger charge is 2.34. The van der Waals surface area contributed by atoms with Crippen molar-refractivity contribution in [2.45, 2.75) is 62.9 Å². The van der Waals surface area contributed by atoms with Crippen LogP contribution in [-0.2, 0) is 14.8 Å². The minimum atomic E-state index is -3.79. The van der Waals surface area contributed by atoms with Crippen LogP contribution in [0, 0.1) is 19.8 Å². The Labute approximate surface area is 143 Å². The number of nitrogens with two attached hydrogens (primary N) is 1. The molecule has 4 N–H and O–H groups in total. The molecule has 24 heavy (non-hydrogen) atoms. The van der Waals surface area contributed by atoms with E-state index < -0.39 is 10.0 Å². The lowest BCUT2D eigenvalue weighted by Crippen LogP contribution is -2.39. The lowest BCUT2D eigenvalue weighted by molar-refractivity contribution is -0.117. The molecule has 2 heterocycles. The molecular formula is C17H25N3O3S. The Morgan fingerprint density at radius 3 is 2.46 bits per heavy atom. The van der Waals surface area contributed by atoms with Crippen molar-refractivity contribution >= 4 is 21.6 Å². The van der Waals surface area contributed by atoms with E-state index in [9.17, 15) is 13.2 Å². The highest BCUT2D eigenvalue weighted by Crippen LogP contribution is 2.33. The number of hydrogen-bond donors (Lipinski definition) is 3. The molecule has 132 valence electrons. The summed E-state index contributed by atoms with van der Waals surface area (Å²) >= 11 is 0. The maximum atomic E-state index is 12.4. The van der Waals surface area contributed by atoms with Gasteiger partial charge in [-0.2, -0.15) is 0 Å². The zero-order valence-corrected chi connectivity index (χ0v) is 14.9. The number of hydrogen-bond acceptors (Lipinski definition) is 4. The number of sulfonamides is 1. The number of fused-ring (bicyclic) bond motifs is 2. The Morgan fingerprint density at radius 2 is 1.88 bits per heavy atom. The molecule has 7 heteroatoms. The number of benzene rings is 1. The zero-order valence-electron chi connectivity index (χ0n) is 14.1. The Kier molecular flexibility index (Phi) is 4.68. The monoisotopic (exact) mass is 351 g/mol. The van der Waals surface area contributed by atoms with Gasteiger partial charge < -0.3 is 10.6 Å². The maximum Gasteiger partial charge on any atom is 0.238 e. The van der Waals surface area contributed by atoms with E-state index in [-0.39, 0.29) is 10.8 Å². The van der Waals surface area contributed by atoms with Crippen LogP contribution in [0.3, 0.4) is 0 Å². The lowest BCUT2D eigenvalue weighted by Gasteiger charge is -2.28. The van der Waals surface area contributed by atoms with Crippen molar-refractivity contribution in [3.8, 4) is 0 Å². The average Bonchev–Trinajstić information content (AvgIpc) is 2.81. The van der Waals surface area contributed by atoms with E-state index >= 15 is 0 Å². The summed E-state index contributed by atoms with van der Waals surface area (Å²) in [5.74, 6) is 0.335. The molecule has 6 nitrogen and oxygen atoms in total. The minimum Gasteiger partial charge on any atom is -0.326 e. The van der Waals surface area contributed by atoms with Gasteiger partial charge in [0.15, 0.2) is 0 Å². The number of nitrogens with one attached hydrogen (secondary N) is 2. The molecule has 2 atom stereocenters. The number of piperidine rings is 1. The normalized spacial score (nSPS) is 26.4. The number of carbonyl (C=O) groups is 1. The predicted octanol–water partition coefficient (Wildman–Crippen LogP) is 1.81. The third-order valence-electron chi connectivity index (χ3n) is 5.29. The van der Waals surface area contributed by atoms with Gasteiger partial charge in [0.1, 0.15) is 0 Å². The molecule has 2 aliphatic rings. The fourth-order valence-electron chi connectivity index (χ4n) is 3.93. The highest BCUT2D eigenvalue weighted by molar-refractivity contribution is 7.89. The summed E-state index contributed by atoms with van der Waals surface area (Å²) in [5.41, 5.74) is 2.18. The second-order valence-corrected chi connectivity index (χ2v) is 8.75. The van der Waals surface area contributed by atoms with Crippen molar-refractivity contribution in [2.75, 3.05) is 5.32 Å². The molecule has 2 bridgehead atoms. The first-order valence-electron chi connectivity index (χ1n) is 8.42. The summed E-state index contributed by atoms with van der Waals surface area (Å²) in [6, 6.07) is 4.08. The maximum absolute atomic E-state index is 12.4. The first-order chi connectivity index (χ1) is 11.2. The Morgan fingerprint density at radius 1 is 1.25 bits per heavy atom. The summed E-state index contributed by atoms with van der Waals surface area (Å²) in [6.45, 7) is 3.67. The van der Waals surface area contributed by atoms with E-state index in [1.807, 2.05) is 13.8 Å². The SMILES string of the molecule is Cc1cc(S(N)(=O)=O)cc(NC(=O)CC2CC3CCC(C2)N3)c1C. The summed E-state index contributed by atoms with van der Waals surface area (Å²) < 4.78 is 23.2. The smallest absolute Gasteiger partial charge is 0.238 e. The molecular weight excluding hydrogens is 326 g/mol. The molecule has 2 saturated heterocycles. The van der Waals surface area contributed by atoms with Gasteiger partial charge in [-0.25, -0.2) is 13.6 Å². The largest absolute Gasteiger partial charge is 0.326 e. The fraction of sp³-hybridized carbons (Fsp3) is 0.588. The van der Waals surface area contributed by atoms with Crippen molar-refractivity contribution < 1.29 is 13.2 Å². The molecule has 0 aromatic heterocycles. The molecule has 0 spiro atoms. The van der Waals surface area contributed by atoms with Crippen LogP contribution in [-0.4, -0.2) is 26.4 Å². The van der Waals surface area contributed by atoms with Crippen LogP contribution in [0.25, 0.3) is 0 Å². The van der Waals surface area contributed by atoms with Crippen LogP contribution >= 0.6 is 0 Å². The summed E-state index contributed by atoms with van der Waals surface area (Å²) in [4.78, 5) is 12.5. The van der Waals surface area contributed by atoms with Crippen molar-refractivity contribution in [1.82, 2.24) is 5.32 Å². The van der Waals surface area contributed by atoms with Gasteiger partial charge in [0.25, 0.3) is 0 Å². The molecule has 0 radical (unpaired) electrons. The van der Waals surface area contributed by atoms with Crippen LogP contribution in [0.2, 0.25) is 0 Å². The number of rotatable bonds is 4. The van der Waals surface area contributed by atoms with Crippen molar-refractivity contribution in [3.05, 3.63) is 23.3 Å². The zero-order chi connectivity index (χ0) is 17.5. The van der Waals surface area contributed by atoms with Gasteiger partial charge in [-0.1, -0.05) is 0 Å². The second-order valence-electron chi connectivity index (χ2n) is 7.19. The fourth-order valence-corrected chi connectivity index (χ4v) is 4.55. The summed E-state index contributed by atoms with van der Waals surface area (Å²) in [7, 11) is -3.79. The topological polar surface area (TPSA) is 101 Å². The van der Waals surface area contributed by atoms with Gasteiger partial charge in [0, 0.05) is 24.2 Å². The molecule has 3 rings (SSSR count). The van der Waals surface area contributed by atoms with Crippen LogP contribution in [0.5, 0.6) is 0 Å². The van der Waals surface area contributed by atoms with E-state index in [0.717, 1.165) is 24.0 Å². The van der Waals surface area contributed by atoms with Crippen molar-refractivity contribution in [3.63, 3.8) is 0 Å². The van der Waals surface area contributed by atoms with Crippen molar-refractivity contribution in [2.24, 2.45) is 11.1 Å². The molecule has 0 aliphatic carbocycles. The second kappa shape index (κ2) is 6.46. The van der Waals surface area contributed by atoms with Gasteiger partial charge in [0.2, 0.25) is 15.9 Å². The quantitative estimate of drug-likeness (QED) is 0.770. The van der Waals surface area contributed by atoms with Crippen molar-refractivity contribution in [1.29, 1.82) is 0 Å². The highest BCUT2D eigenvalue weighted by atomic mass is 32.2. The Balaban J connectivity index is 1.71. The first-order valence-corrected chi connectivity index (χ1v) is 9.97. The molecule has 1 amide bonds. The van der Waals surface area contributed by atoms with Gasteiger partial charge in [-0.3, -0.25) is 4.79 Å². The van der Waals surface area contributed by atoms with Gasteiger partial charge in [-0.05, 0) is 68.7 Å². The predicted molar refractivity (Wildman–Crippen MR) is 93.2 cm³/mol. The van der Waals surface area contributed by atoms with Gasteiger partial charge in [-0.15, -0.1) is 0 Å². The molecule has 2 fully saturated rings. The number of anilines is 1. The van der Waals surface area contributed by atoms with Crippen LogP contribution < -0.4 is 15.8 Å². The van der Waals surface area contributed by atoms with E-state index in [2.05, 4.69) is 10.6 Å². The molecule has 1 aromatic rings. The molecule has 0 saturated carbocycles. The Bertz CT molecular complexity index is 749. The van der Waals surface area contributed by atoms with E-state index in [1.165, 1.54) is 25.0 Å². The lowest BCUT2D eigenvalue weighted by atomic mass is 9.89. The third-order valence-corrected chi connectivity index (χ3v) is 6.18. The molecule has 1 aromatic carbocycles. The molecule has 2 aliphatic heterocycles. The summed E-state index contributed by atoms with van der Waals surface area (Å²) in [6.07, 6.45) is 4.97. The average molecular weight is 351 g/mol. The van der Waals surface area contributed by atoms with Crippen LogP contribution in [0.1, 0.15) is 43.2 Å².